The summed E-state index contributed by atoms with van der Waals surface area (Å²) in [6.07, 6.45) is 3.32. The van der Waals surface area contributed by atoms with Crippen LogP contribution in [0.15, 0.2) is 41.3 Å². The second kappa shape index (κ2) is 14.0. The summed E-state index contributed by atoms with van der Waals surface area (Å²) < 4.78 is 40.2. The van der Waals surface area contributed by atoms with E-state index in [-0.39, 0.29) is 16.3 Å². The number of carboxylic acids is 1. The summed E-state index contributed by atoms with van der Waals surface area (Å²) in [7, 11) is 1.57. The third kappa shape index (κ3) is 7.59. The molecule has 38 heavy (non-hydrogen) atoms. The first-order valence-corrected chi connectivity index (χ1v) is 13.1. The number of rotatable bonds is 13. The van der Waals surface area contributed by atoms with Crippen LogP contribution in [-0.4, -0.2) is 48.2 Å². The molecule has 0 spiro atoms. The molecular formula is C27H27ClF2N2O5S. The van der Waals surface area contributed by atoms with E-state index in [2.05, 4.69) is 10.3 Å². The number of unbranched alkanes of at least 4 members (excludes halogenated alkanes) is 1. The standard InChI is InChI=1S/C27H27ClF2N2O5S/c1-16(26(34)35)12-20-21(29)13-18(14-22(20)30)25(33)32-27-31-23(15-38-27)19-7-5-6-17(24(19)36-2)8-11-37-10-4-3-9-28/h5-7,12-15H,3-4,8-11H2,1-2H3,(H,34,35)(H,31,32,33). The van der Waals surface area contributed by atoms with Crippen molar-refractivity contribution in [2.24, 2.45) is 0 Å². The predicted octanol–water partition coefficient (Wildman–Crippen LogP) is 6.42. The number of carbonyl (C=O) groups excluding carboxylic acids is 1. The number of aromatic nitrogens is 1. The molecule has 7 nitrogen and oxygen atoms in total. The highest BCUT2D eigenvalue weighted by molar-refractivity contribution is 7.14. The van der Waals surface area contributed by atoms with Gasteiger partial charge < -0.3 is 14.6 Å². The highest BCUT2D eigenvalue weighted by atomic mass is 35.5. The Hall–Kier alpha value is -3.34. The van der Waals surface area contributed by atoms with Crippen molar-refractivity contribution in [2.75, 3.05) is 31.5 Å². The molecule has 0 saturated heterocycles. The number of amides is 1. The van der Waals surface area contributed by atoms with Crippen molar-refractivity contribution in [1.29, 1.82) is 0 Å². The Kier molecular flexibility index (Phi) is 10.8. The molecule has 11 heteroatoms. The van der Waals surface area contributed by atoms with Crippen LogP contribution in [0, 0.1) is 11.6 Å². The highest BCUT2D eigenvalue weighted by Gasteiger charge is 2.18. The van der Waals surface area contributed by atoms with Crippen molar-refractivity contribution in [3.63, 3.8) is 0 Å². The lowest BCUT2D eigenvalue weighted by atomic mass is 10.0. The number of carbonyl (C=O) groups is 2. The summed E-state index contributed by atoms with van der Waals surface area (Å²) in [6, 6.07) is 7.36. The summed E-state index contributed by atoms with van der Waals surface area (Å²) >= 11 is 6.83. The van der Waals surface area contributed by atoms with Crippen LogP contribution in [-0.2, 0) is 16.0 Å². The van der Waals surface area contributed by atoms with E-state index in [4.69, 9.17) is 26.2 Å². The summed E-state index contributed by atoms with van der Waals surface area (Å²) in [5.41, 5.74) is 1.18. The Balaban J connectivity index is 1.73. The third-order valence-electron chi connectivity index (χ3n) is 5.53. The van der Waals surface area contributed by atoms with E-state index >= 15 is 0 Å². The quantitative estimate of drug-likeness (QED) is 0.141. The number of thiazole rings is 1. The summed E-state index contributed by atoms with van der Waals surface area (Å²) in [6.45, 7) is 2.38. The minimum absolute atomic E-state index is 0.228. The molecule has 0 bridgehead atoms. The smallest absolute Gasteiger partial charge is 0.331 e. The van der Waals surface area contributed by atoms with Gasteiger partial charge in [-0.05, 0) is 56.0 Å². The Morgan fingerprint density at radius 3 is 2.58 bits per heavy atom. The fourth-order valence-electron chi connectivity index (χ4n) is 3.56. The molecule has 0 saturated carbocycles. The molecule has 2 N–H and O–H groups in total. The van der Waals surface area contributed by atoms with E-state index in [1.807, 2.05) is 18.2 Å². The lowest BCUT2D eigenvalue weighted by molar-refractivity contribution is -0.132. The maximum Gasteiger partial charge on any atom is 0.331 e. The minimum atomic E-state index is -1.31. The number of aliphatic carboxylic acids is 1. The van der Waals surface area contributed by atoms with Gasteiger partial charge in [0.25, 0.3) is 5.91 Å². The number of ether oxygens (including phenoxy) is 2. The maximum absolute atomic E-state index is 14.4. The topological polar surface area (TPSA) is 97.8 Å². The van der Waals surface area contributed by atoms with Crippen LogP contribution >= 0.6 is 22.9 Å². The zero-order valence-electron chi connectivity index (χ0n) is 20.9. The van der Waals surface area contributed by atoms with Crippen molar-refractivity contribution in [3.05, 3.63) is 69.6 Å². The second-order valence-corrected chi connectivity index (χ2v) is 9.47. The number of methoxy groups -OCH3 is 1. The van der Waals surface area contributed by atoms with Gasteiger partial charge in [0.15, 0.2) is 5.13 Å². The molecule has 1 amide bonds. The van der Waals surface area contributed by atoms with Gasteiger partial charge in [-0.1, -0.05) is 12.1 Å². The maximum atomic E-state index is 14.4. The van der Waals surface area contributed by atoms with Crippen LogP contribution in [0.5, 0.6) is 5.75 Å². The van der Waals surface area contributed by atoms with Crippen molar-refractivity contribution in [3.8, 4) is 17.0 Å². The van der Waals surface area contributed by atoms with Gasteiger partial charge in [0.2, 0.25) is 0 Å². The van der Waals surface area contributed by atoms with E-state index in [9.17, 15) is 18.4 Å². The average molecular weight is 565 g/mol. The molecule has 0 atom stereocenters. The largest absolute Gasteiger partial charge is 0.496 e. The first-order chi connectivity index (χ1) is 18.2. The van der Waals surface area contributed by atoms with Gasteiger partial charge in [-0.2, -0.15) is 0 Å². The molecule has 0 unspecified atom stereocenters. The molecule has 0 fully saturated rings. The monoisotopic (exact) mass is 564 g/mol. The van der Waals surface area contributed by atoms with Crippen molar-refractivity contribution in [1.82, 2.24) is 4.98 Å². The Labute approximate surface area is 228 Å². The van der Waals surface area contributed by atoms with E-state index in [1.54, 1.807) is 12.5 Å². The zero-order chi connectivity index (χ0) is 27.7. The van der Waals surface area contributed by atoms with Gasteiger partial charge >= 0.3 is 5.97 Å². The van der Waals surface area contributed by atoms with E-state index in [0.717, 1.165) is 53.5 Å². The number of nitrogens with one attached hydrogen (secondary N) is 1. The fourth-order valence-corrected chi connectivity index (χ4v) is 4.46. The van der Waals surface area contributed by atoms with Crippen LogP contribution < -0.4 is 10.1 Å². The lowest BCUT2D eigenvalue weighted by Crippen LogP contribution is -2.13. The number of hydrogen-bond donors (Lipinski definition) is 2. The Bertz CT molecular complexity index is 1310. The SMILES string of the molecule is COc1c(CCOCCCCCl)cccc1-c1csc(NC(=O)c2cc(F)c(C=C(C)C(=O)O)c(F)c2)n1. The first kappa shape index (κ1) is 29.2. The molecule has 0 aliphatic carbocycles. The van der Waals surface area contributed by atoms with Crippen LogP contribution in [0.25, 0.3) is 17.3 Å². The molecule has 0 radical (unpaired) electrons. The van der Waals surface area contributed by atoms with E-state index < -0.39 is 29.1 Å². The van der Waals surface area contributed by atoms with Crippen molar-refractivity contribution >= 4 is 46.0 Å². The molecule has 0 aliphatic rings. The van der Waals surface area contributed by atoms with Gasteiger partial charge in [0.1, 0.15) is 17.4 Å². The number of carboxylic acid groups (broad SMARTS) is 1. The molecule has 202 valence electrons. The van der Waals surface area contributed by atoms with Gasteiger partial charge in [0, 0.05) is 40.1 Å². The van der Waals surface area contributed by atoms with Crippen molar-refractivity contribution in [2.45, 2.75) is 26.2 Å². The number of para-hydroxylation sites is 1. The number of hydrogen-bond acceptors (Lipinski definition) is 6. The minimum Gasteiger partial charge on any atom is -0.496 e. The third-order valence-corrected chi connectivity index (χ3v) is 6.55. The first-order valence-electron chi connectivity index (χ1n) is 11.7. The number of halogens is 3. The van der Waals surface area contributed by atoms with Crippen LogP contribution in [0.3, 0.4) is 0 Å². The van der Waals surface area contributed by atoms with Gasteiger partial charge in [-0.25, -0.2) is 18.6 Å². The summed E-state index contributed by atoms with van der Waals surface area (Å²) in [5, 5.41) is 13.5. The normalized spacial score (nSPS) is 11.4. The molecule has 3 rings (SSSR count). The van der Waals surface area contributed by atoms with E-state index in [0.29, 0.717) is 37.0 Å². The lowest BCUT2D eigenvalue weighted by Gasteiger charge is -2.12. The molecule has 2 aromatic carbocycles. The summed E-state index contributed by atoms with van der Waals surface area (Å²) in [5.74, 6) is -2.92. The highest BCUT2D eigenvalue weighted by Crippen LogP contribution is 2.35. The number of alkyl halides is 1. The van der Waals surface area contributed by atoms with Gasteiger partial charge in [-0.15, -0.1) is 22.9 Å². The Morgan fingerprint density at radius 2 is 1.92 bits per heavy atom. The fraction of sp³-hybridized carbons (Fsp3) is 0.296. The number of nitrogens with zero attached hydrogens (tertiary/aromatic N) is 1. The molecule has 0 aliphatic heterocycles. The Morgan fingerprint density at radius 1 is 1.18 bits per heavy atom. The van der Waals surface area contributed by atoms with Crippen LogP contribution in [0.2, 0.25) is 0 Å². The van der Waals surface area contributed by atoms with Crippen LogP contribution in [0.4, 0.5) is 13.9 Å². The van der Waals surface area contributed by atoms with E-state index in [1.165, 1.54) is 6.92 Å². The number of anilines is 1. The van der Waals surface area contributed by atoms with Crippen molar-refractivity contribution < 1.29 is 33.0 Å². The molecular weight excluding hydrogens is 538 g/mol. The van der Waals surface area contributed by atoms with Gasteiger partial charge in [0.05, 0.1) is 19.4 Å². The van der Waals surface area contributed by atoms with Crippen LogP contribution in [0.1, 0.15) is 41.3 Å². The zero-order valence-corrected chi connectivity index (χ0v) is 22.4. The molecule has 1 aromatic heterocycles. The second-order valence-electron chi connectivity index (χ2n) is 8.23. The summed E-state index contributed by atoms with van der Waals surface area (Å²) in [4.78, 5) is 28.1. The number of benzene rings is 2. The molecule has 1 heterocycles. The predicted molar refractivity (Wildman–Crippen MR) is 144 cm³/mol. The average Bonchev–Trinajstić information content (AvgIpc) is 3.35. The van der Waals surface area contributed by atoms with Gasteiger partial charge in [-0.3, -0.25) is 10.1 Å². The molecule has 3 aromatic rings.